The number of nitrogens with zero attached hydrogens (tertiary/aromatic N) is 2. The van der Waals surface area contributed by atoms with E-state index in [-0.39, 0.29) is 10.8 Å². The van der Waals surface area contributed by atoms with Crippen LogP contribution in [0.3, 0.4) is 0 Å². The van der Waals surface area contributed by atoms with Crippen LogP contribution in [0.15, 0.2) is 53.4 Å². The van der Waals surface area contributed by atoms with Crippen molar-refractivity contribution in [2.75, 3.05) is 50.7 Å². The molecule has 2 aromatic carbocycles. The van der Waals surface area contributed by atoms with Crippen molar-refractivity contribution in [3.8, 4) is 0 Å². The van der Waals surface area contributed by atoms with Crippen LogP contribution in [0.25, 0.3) is 0 Å². The molecule has 8 heteroatoms. The lowest BCUT2D eigenvalue weighted by molar-refractivity contribution is 0.0332. The van der Waals surface area contributed by atoms with Crippen molar-refractivity contribution in [1.29, 1.82) is 0 Å². The molecule has 0 spiro atoms. The largest absolute Gasteiger partial charge is 0.379 e. The van der Waals surface area contributed by atoms with Crippen molar-refractivity contribution < 1.29 is 17.9 Å². The van der Waals surface area contributed by atoms with Gasteiger partial charge >= 0.3 is 0 Å². The highest BCUT2D eigenvalue weighted by Gasteiger charge is 2.25. The Morgan fingerprint density at radius 3 is 2.48 bits per heavy atom. The summed E-state index contributed by atoms with van der Waals surface area (Å²) in [4.78, 5) is 17.5. The van der Waals surface area contributed by atoms with E-state index in [2.05, 4.69) is 9.62 Å². The van der Waals surface area contributed by atoms with Gasteiger partial charge in [-0.1, -0.05) is 18.2 Å². The lowest BCUT2D eigenvalue weighted by Gasteiger charge is -2.34. The minimum Gasteiger partial charge on any atom is -0.379 e. The van der Waals surface area contributed by atoms with Gasteiger partial charge in [-0.15, -0.1) is 0 Å². The maximum atomic E-state index is 13.1. The Hall–Kier alpha value is -2.42. The van der Waals surface area contributed by atoms with Crippen molar-refractivity contribution in [2.45, 2.75) is 31.1 Å². The summed E-state index contributed by atoms with van der Waals surface area (Å²) in [6.07, 6.45) is 3.13. The predicted octanol–water partition coefficient (Wildman–Crippen LogP) is 3.37. The highest BCUT2D eigenvalue weighted by molar-refractivity contribution is 7.92. The summed E-state index contributed by atoms with van der Waals surface area (Å²) < 4.78 is 33.7. The van der Waals surface area contributed by atoms with Crippen molar-refractivity contribution in [3.63, 3.8) is 0 Å². The van der Waals surface area contributed by atoms with Crippen LogP contribution in [0.1, 0.15) is 35.2 Å². The van der Waals surface area contributed by atoms with Crippen LogP contribution in [0.2, 0.25) is 0 Å². The minimum atomic E-state index is -3.78. The molecule has 0 atom stereocenters. The van der Waals surface area contributed by atoms with E-state index in [1.165, 1.54) is 12.1 Å². The van der Waals surface area contributed by atoms with E-state index in [0.717, 1.165) is 57.7 Å². The number of benzene rings is 2. The Kier molecular flexibility index (Phi) is 7.67. The smallest absolute Gasteiger partial charge is 0.261 e. The molecule has 2 aliphatic heterocycles. The molecule has 2 heterocycles. The van der Waals surface area contributed by atoms with Gasteiger partial charge < -0.3 is 9.64 Å². The summed E-state index contributed by atoms with van der Waals surface area (Å²) in [5, 5.41) is 0. The molecule has 0 radical (unpaired) electrons. The molecular weight excluding hydrogens is 438 g/mol. The van der Waals surface area contributed by atoms with Gasteiger partial charge in [-0.2, -0.15) is 0 Å². The summed E-state index contributed by atoms with van der Waals surface area (Å²) in [6, 6.07) is 13.5. The first-order chi connectivity index (χ1) is 15.9. The van der Waals surface area contributed by atoms with E-state index >= 15 is 0 Å². The molecule has 2 aromatic rings. The molecule has 0 saturated carbocycles. The second-order valence-electron chi connectivity index (χ2n) is 8.98. The molecule has 0 unspecified atom stereocenters. The summed E-state index contributed by atoms with van der Waals surface area (Å²) in [5.74, 6) is 0.524. The molecule has 0 bridgehead atoms. The first-order valence-electron chi connectivity index (χ1n) is 11.7. The van der Waals surface area contributed by atoms with Crippen LogP contribution in [-0.2, 0) is 14.8 Å². The van der Waals surface area contributed by atoms with Crippen molar-refractivity contribution in [1.82, 2.24) is 9.80 Å². The second kappa shape index (κ2) is 10.7. The van der Waals surface area contributed by atoms with Crippen LogP contribution >= 0.6 is 0 Å². The first-order valence-corrected chi connectivity index (χ1v) is 13.2. The quantitative estimate of drug-likeness (QED) is 0.670. The van der Waals surface area contributed by atoms with Crippen molar-refractivity contribution >= 4 is 21.6 Å². The van der Waals surface area contributed by atoms with Crippen molar-refractivity contribution in [3.05, 3.63) is 59.7 Å². The average molecular weight is 472 g/mol. The molecule has 1 amide bonds. The topological polar surface area (TPSA) is 79.0 Å². The SMILES string of the molecule is Cc1cccc(NS(=O)(=O)c2cccc(C(=O)N3CCC(CCN4CCOCC4)CC3)c2)c1. The number of piperidine rings is 1. The highest BCUT2D eigenvalue weighted by atomic mass is 32.2. The van der Waals surface area contributed by atoms with Crippen LogP contribution in [0, 0.1) is 12.8 Å². The van der Waals surface area contributed by atoms with Gasteiger partial charge in [0.05, 0.1) is 18.1 Å². The zero-order valence-electron chi connectivity index (χ0n) is 19.2. The predicted molar refractivity (Wildman–Crippen MR) is 129 cm³/mol. The fraction of sp³-hybridized carbons (Fsp3) is 0.480. The third kappa shape index (κ3) is 6.34. The number of morpholine rings is 1. The maximum Gasteiger partial charge on any atom is 0.261 e. The van der Waals surface area contributed by atoms with Gasteiger partial charge in [-0.25, -0.2) is 8.42 Å². The molecule has 2 fully saturated rings. The van der Waals surface area contributed by atoms with E-state index in [1.807, 2.05) is 17.9 Å². The molecule has 4 rings (SSSR count). The third-order valence-corrected chi connectivity index (χ3v) is 7.90. The van der Waals surface area contributed by atoms with E-state index < -0.39 is 10.0 Å². The number of hydrogen-bond donors (Lipinski definition) is 1. The van der Waals surface area contributed by atoms with Gasteiger partial charge in [0.15, 0.2) is 0 Å². The Labute approximate surface area is 196 Å². The van der Waals surface area contributed by atoms with Crippen LogP contribution in [-0.4, -0.2) is 70.1 Å². The Bertz CT molecular complexity index is 1060. The average Bonchev–Trinajstić information content (AvgIpc) is 2.83. The lowest BCUT2D eigenvalue weighted by atomic mass is 9.93. The maximum absolute atomic E-state index is 13.1. The molecular formula is C25H33N3O4S. The Balaban J connectivity index is 1.34. The van der Waals surface area contributed by atoms with Crippen LogP contribution in [0.4, 0.5) is 5.69 Å². The molecule has 33 heavy (non-hydrogen) atoms. The van der Waals surface area contributed by atoms with Gasteiger partial charge in [0.25, 0.3) is 15.9 Å². The number of likely N-dealkylation sites (tertiary alicyclic amines) is 1. The normalized spacial score (nSPS) is 18.3. The van der Waals surface area contributed by atoms with E-state index in [4.69, 9.17) is 4.74 Å². The Morgan fingerprint density at radius 2 is 1.76 bits per heavy atom. The number of aryl methyl sites for hydroxylation is 1. The number of carbonyl (C=O) groups excluding carboxylic acids is 1. The fourth-order valence-corrected chi connectivity index (χ4v) is 5.61. The molecule has 2 aliphatic rings. The van der Waals surface area contributed by atoms with Gasteiger partial charge in [0, 0.05) is 37.4 Å². The number of rotatable bonds is 7. The van der Waals surface area contributed by atoms with Gasteiger partial charge in [0.1, 0.15) is 0 Å². The summed E-state index contributed by atoms with van der Waals surface area (Å²) >= 11 is 0. The molecule has 1 N–H and O–H groups in total. The van der Waals surface area contributed by atoms with Crippen LogP contribution < -0.4 is 4.72 Å². The lowest BCUT2D eigenvalue weighted by Crippen LogP contribution is -2.40. The number of anilines is 1. The number of carbonyl (C=O) groups is 1. The van der Waals surface area contributed by atoms with Gasteiger partial charge in [-0.3, -0.25) is 14.4 Å². The number of ether oxygens (including phenoxy) is 1. The fourth-order valence-electron chi connectivity index (χ4n) is 4.52. The van der Waals surface area contributed by atoms with Crippen LogP contribution in [0.5, 0.6) is 0 Å². The summed E-state index contributed by atoms with van der Waals surface area (Å²) in [6.45, 7) is 8.09. The van der Waals surface area contributed by atoms with Crippen molar-refractivity contribution in [2.24, 2.45) is 5.92 Å². The summed E-state index contributed by atoms with van der Waals surface area (Å²) in [7, 11) is -3.78. The number of amides is 1. The first kappa shape index (κ1) is 23.7. The zero-order valence-corrected chi connectivity index (χ0v) is 20.0. The molecule has 178 valence electrons. The number of sulfonamides is 1. The third-order valence-electron chi connectivity index (χ3n) is 6.52. The van der Waals surface area contributed by atoms with Gasteiger partial charge in [-0.05, 0) is 74.5 Å². The van der Waals surface area contributed by atoms with E-state index in [0.29, 0.717) is 30.3 Å². The number of hydrogen-bond acceptors (Lipinski definition) is 5. The van der Waals surface area contributed by atoms with E-state index in [9.17, 15) is 13.2 Å². The monoisotopic (exact) mass is 471 g/mol. The number of nitrogens with one attached hydrogen (secondary N) is 1. The molecule has 2 saturated heterocycles. The molecule has 7 nitrogen and oxygen atoms in total. The Morgan fingerprint density at radius 1 is 1.03 bits per heavy atom. The van der Waals surface area contributed by atoms with E-state index in [1.54, 1.807) is 30.3 Å². The molecule has 0 aromatic heterocycles. The standard InChI is InChI=1S/C25H33N3O4S/c1-20-4-2-6-23(18-20)26-33(30,31)24-7-3-5-22(19-24)25(29)28-12-9-21(10-13-28)8-11-27-14-16-32-17-15-27/h2-7,18-19,21,26H,8-17H2,1H3. The second-order valence-corrected chi connectivity index (χ2v) is 10.7. The zero-order chi connectivity index (χ0) is 23.3. The minimum absolute atomic E-state index is 0.0928. The van der Waals surface area contributed by atoms with Gasteiger partial charge in [0.2, 0.25) is 0 Å². The highest BCUT2D eigenvalue weighted by Crippen LogP contribution is 2.24. The summed E-state index contributed by atoms with van der Waals surface area (Å²) in [5.41, 5.74) is 1.88. The molecule has 0 aliphatic carbocycles.